The van der Waals surface area contributed by atoms with E-state index in [0.29, 0.717) is 5.56 Å². The van der Waals surface area contributed by atoms with Crippen LogP contribution in [0.15, 0.2) is 6.07 Å². The van der Waals surface area contributed by atoms with Crippen LogP contribution < -0.4 is 5.73 Å². The Kier molecular flexibility index (Phi) is 4.80. The summed E-state index contributed by atoms with van der Waals surface area (Å²) in [6.45, 7) is 1.82. The summed E-state index contributed by atoms with van der Waals surface area (Å²) in [4.78, 5) is 15.2. The van der Waals surface area contributed by atoms with E-state index in [1.165, 1.54) is 0 Å². The molecule has 0 unspecified atom stereocenters. The third-order valence-electron chi connectivity index (χ3n) is 2.01. The van der Waals surface area contributed by atoms with Crippen molar-refractivity contribution in [2.45, 2.75) is 18.7 Å². The maximum atomic E-state index is 12.6. The highest BCUT2D eigenvalue weighted by molar-refractivity contribution is 9.08. The first kappa shape index (κ1) is 13.8. The van der Waals surface area contributed by atoms with Crippen molar-refractivity contribution in [3.63, 3.8) is 0 Å². The lowest BCUT2D eigenvalue weighted by Gasteiger charge is -2.10. The minimum absolute atomic E-state index is 0.0365. The topological polar surface area (TPSA) is 65.2 Å². The molecule has 0 saturated carbocycles. The molecule has 0 saturated heterocycles. The van der Waals surface area contributed by atoms with E-state index in [0.717, 1.165) is 6.07 Å². The SMILES string of the molecule is CCOC(=O)c1nc(N)c(C(F)F)cc1CBr. The molecular weight excluding hydrogens is 298 g/mol. The van der Waals surface area contributed by atoms with E-state index < -0.39 is 12.4 Å². The van der Waals surface area contributed by atoms with Crippen molar-refractivity contribution in [3.05, 3.63) is 22.9 Å². The molecule has 0 aromatic carbocycles. The smallest absolute Gasteiger partial charge is 0.357 e. The zero-order chi connectivity index (χ0) is 13.0. The molecule has 0 bridgehead atoms. The molecule has 0 spiro atoms. The summed E-state index contributed by atoms with van der Waals surface area (Å²) in [5.41, 5.74) is 5.27. The summed E-state index contributed by atoms with van der Waals surface area (Å²) in [6, 6.07) is 1.16. The second kappa shape index (κ2) is 5.90. The summed E-state index contributed by atoms with van der Waals surface area (Å²) in [6.07, 6.45) is -2.73. The fourth-order valence-corrected chi connectivity index (χ4v) is 1.67. The fourth-order valence-electron chi connectivity index (χ4n) is 1.24. The van der Waals surface area contributed by atoms with Crippen molar-refractivity contribution in [2.24, 2.45) is 0 Å². The highest BCUT2D eigenvalue weighted by atomic mass is 79.9. The first-order valence-electron chi connectivity index (χ1n) is 4.81. The third-order valence-corrected chi connectivity index (χ3v) is 2.61. The Balaban J connectivity index is 3.23. The number of ether oxygens (including phenoxy) is 1. The second-order valence-corrected chi connectivity index (χ2v) is 3.69. The molecule has 1 aromatic heterocycles. The maximum absolute atomic E-state index is 12.6. The molecule has 17 heavy (non-hydrogen) atoms. The Morgan fingerprint density at radius 1 is 1.65 bits per heavy atom. The Labute approximate surface area is 105 Å². The van der Waals surface area contributed by atoms with Gasteiger partial charge in [0.15, 0.2) is 5.69 Å². The number of alkyl halides is 3. The maximum Gasteiger partial charge on any atom is 0.357 e. The highest BCUT2D eigenvalue weighted by Crippen LogP contribution is 2.27. The van der Waals surface area contributed by atoms with Gasteiger partial charge in [-0.3, -0.25) is 0 Å². The van der Waals surface area contributed by atoms with Crippen LogP contribution >= 0.6 is 15.9 Å². The van der Waals surface area contributed by atoms with Crippen LogP contribution in [0.1, 0.15) is 35.0 Å². The number of esters is 1. The number of rotatable bonds is 4. The zero-order valence-electron chi connectivity index (χ0n) is 9.04. The van der Waals surface area contributed by atoms with Gasteiger partial charge in [-0.05, 0) is 18.6 Å². The average molecular weight is 309 g/mol. The van der Waals surface area contributed by atoms with Gasteiger partial charge in [-0.15, -0.1) is 0 Å². The van der Waals surface area contributed by atoms with Gasteiger partial charge in [0.25, 0.3) is 6.43 Å². The molecular formula is C10H11BrF2N2O2. The van der Waals surface area contributed by atoms with Crippen LogP contribution in [0.5, 0.6) is 0 Å². The monoisotopic (exact) mass is 308 g/mol. The number of anilines is 1. The lowest BCUT2D eigenvalue weighted by Crippen LogP contribution is -2.13. The van der Waals surface area contributed by atoms with Crippen molar-refractivity contribution >= 4 is 27.7 Å². The van der Waals surface area contributed by atoms with Crippen molar-refractivity contribution in [1.29, 1.82) is 0 Å². The molecule has 1 aromatic rings. The van der Waals surface area contributed by atoms with Crippen LogP contribution in [0.4, 0.5) is 14.6 Å². The minimum atomic E-state index is -2.73. The van der Waals surface area contributed by atoms with Gasteiger partial charge in [-0.25, -0.2) is 18.6 Å². The van der Waals surface area contributed by atoms with E-state index in [-0.39, 0.29) is 29.0 Å². The normalized spacial score (nSPS) is 10.6. The van der Waals surface area contributed by atoms with Gasteiger partial charge in [0, 0.05) is 5.33 Å². The van der Waals surface area contributed by atoms with Gasteiger partial charge < -0.3 is 10.5 Å². The number of nitrogens with zero attached hydrogens (tertiary/aromatic N) is 1. The third kappa shape index (κ3) is 3.12. The standard InChI is InChI=1S/C10H11BrF2N2O2/c1-2-17-10(16)7-5(4-11)3-6(8(12)13)9(14)15-7/h3,8H,2,4H2,1H3,(H2,14,15). The number of carbonyl (C=O) groups is 1. The Hall–Kier alpha value is -1.24. The quantitative estimate of drug-likeness (QED) is 0.686. The predicted octanol–water partition coefficient (Wildman–Crippen LogP) is 2.67. The van der Waals surface area contributed by atoms with Crippen LogP contribution in [0, 0.1) is 0 Å². The number of hydrogen-bond acceptors (Lipinski definition) is 4. The average Bonchev–Trinajstić information content (AvgIpc) is 2.28. The Bertz CT molecular complexity index is 427. The molecule has 0 aliphatic heterocycles. The summed E-state index contributed by atoms with van der Waals surface area (Å²) in [7, 11) is 0. The first-order chi connectivity index (χ1) is 8.01. The van der Waals surface area contributed by atoms with Crippen LogP contribution in [0.2, 0.25) is 0 Å². The molecule has 0 amide bonds. The van der Waals surface area contributed by atoms with Crippen molar-refractivity contribution < 1.29 is 18.3 Å². The van der Waals surface area contributed by atoms with E-state index in [1.54, 1.807) is 6.92 Å². The first-order valence-corrected chi connectivity index (χ1v) is 5.93. The summed E-state index contributed by atoms with van der Waals surface area (Å²) in [5, 5.41) is 0.216. The second-order valence-electron chi connectivity index (χ2n) is 3.13. The van der Waals surface area contributed by atoms with Gasteiger partial charge in [-0.2, -0.15) is 0 Å². The molecule has 0 atom stereocenters. The zero-order valence-corrected chi connectivity index (χ0v) is 10.6. The van der Waals surface area contributed by atoms with Crippen LogP contribution in [-0.4, -0.2) is 17.6 Å². The summed E-state index contributed by atoms with van der Waals surface area (Å²) < 4.78 is 29.9. The van der Waals surface area contributed by atoms with E-state index in [4.69, 9.17) is 10.5 Å². The molecule has 0 radical (unpaired) electrons. The molecule has 0 aliphatic carbocycles. The van der Waals surface area contributed by atoms with E-state index in [2.05, 4.69) is 20.9 Å². The number of nitrogens with two attached hydrogens (primary N) is 1. The number of carbonyl (C=O) groups excluding carboxylic acids is 1. The molecule has 7 heteroatoms. The molecule has 0 fully saturated rings. The lowest BCUT2D eigenvalue weighted by molar-refractivity contribution is 0.0518. The molecule has 1 rings (SSSR count). The van der Waals surface area contributed by atoms with Gasteiger partial charge in [-0.1, -0.05) is 15.9 Å². The van der Waals surface area contributed by atoms with Gasteiger partial charge in [0.2, 0.25) is 0 Å². The van der Waals surface area contributed by atoms with Crippen molar-refractivity contribution in [2.75, 3.05) is 12.3 Å². The lowest BCUT2D eigenvalue weighted by atomic mass is 10.1. The highest BCUT2D eigenvalue weighted by Gasteiger charge is 2.20. The molecule has 0 aliphatic rings. The van der Waals surface area contributed by atoms with Gasteiger partial charge in [0.1, 0.15) is 5.82 Å². The molecule has 94 valence electrons. The summed E-state index contributed by atoms with van der Waals surface area (Å²) >= 11 is 3.10. The van der Waals surface area contributed by atoms with E-state index >= 15 is 0 Å². The fraction of sp³-hybridized carbons (Fsp3) is 0.400. The van der Waals surface area contributed by atoms with Crippen LogP contribution in [0.25, 0.3) is 0 Å². The number of nitrogen functional groups attached to an aromatic ring is 1. The number of aromatic nitrogens is 1. The van der Waals surface area contributed by atoms with Crippen molar-refractivity contribution in [3.8, 4) is 0 Å². The van der Waals surface area contributed by atoms with Crippen LogP contribution in [0.3, 0.4) is 0 Å². The van der Waals surface area contributed by atoms with Crippen LogP contribution in [-0.2, 0) is 10.1 Å². The van der Waals surface area contributed by atoms with Crippen molar-refractivity contribution in [1.82, 2.24) is 4.98 Å². The largest absolute Gasteiger partial charge is 0.461 e. The van der Waals surface area contributed by atoms with Gasteiger partial charge >= 0.3 is 5.97 Å². The van der Waals surface area contributed by atoms with E-state index in [9.17, 15) is 13.6 Å². The number of pyridine rings is 1. The molecule has 1 heterocycles. The van der Waals surface area contributed by atoms with Gasteiger partial charge in [0.05, 0.1) is 12.2 Å². The summed E-state index contributed by atoms with van der Waals surface area (Å²) in [5.74, 6) is -1.03. The number of halogens is 3. The molecule has 2 N–H and O–H groups in total. The van der Waals surface area contributed by atoms with E-state index in [1.807, 2.05) is 0 Å². The molecule has 4 nitrogen and oxygen atoms in total. The number of hydrogen-bond donors (Lipinski definition) is 1. The Morgan fingerprint density at radius 3 is 2.76 bits per heavy atom. The predicted molar refractivity (Wildman–Crippen MR) is 62.2 cm³/mol. The minimum Gasteiger partial charge on any atom is -0.461 e. The Morgan fingerprint density at radius 2 is 2.29 bits per heavy atom.